The van der Waals surface area contributed by atoms with E-state index in [4.69, 9.17) is 18.9 Å². The molecule has 0 aliphatic carbocycles. The van der Waals surface area contributed by atoms with Crippen LogP contribution in [0.2, 0.25) is 0 Å². The molecule has 0 fully saturated rings. The number of rotatable bonds is 10. The fraction of sp³-hybridized carbons (Fsp3) is 0.857. The molecule has 130 valence electrons. The van der Waals surface area contributed by atoms with Crippen LogP contribution in [0.25, 0.3) is 0 Å². The third kappa shape index (κ3) is 12.2. The quantitative estimate of drug-likeness (QED) is 0.472. The Morgan fingerprint density at radius 1 is 0.773 bits per heavy atom. The fourth-order valence-corrected chi connectivity index (χ4v) is 1.18. The number of hydrogen-bond donors (Lipinski definition) is 2. The normalized spacial score (nSPS) is 13.1. The Morgan fingerprint density at radius 3 is 1.45 bits per heavy atom. The smallest absolute Gasteiger partial charge is 0.426 e. The van der Waals surface area contributed by atoms with E-state index in [1.165, 1.54) is 0 Å². The van der Waals surface area contributed by atoms with Crippen molar-refractivity contribution >= 4 is 12.2 Å². The van der Waals surface area contributed by atoms with Crippen LogP contribution in [0.5, 0.6) is 0 Å². The highest BCUT2D eigenvalue weighted by Gasteiger charge is 2.07. The van der Waals surface area contributed by atoms with Crippen LogP contribution in [-0.4, -0.2) is 50.8 Å². The second-order valence-corrected chi connectivity index (χ2v) is 4.70. The number of hydrogen-bond acceptors (Lipinski definition) is 6. The molecule has 8 nitrogen and oxygen atoms in total. The van der Waals surface area contributed by atoms with E-state index in [9.17, 15) is 9.59 Å². The maximum atomic E-state index is 11.2. The third-order valence-electron chi connectivity index (χ3n) is 2.85. The minimum atomic E-state index is -0.777. The average Bonchev–Trinajstić information content (AvgIpc) is 2.52. The molecule has 2 atom stereocenters. The first-order valence-corrected chi connectivity index (χ1v) is 7.58. The summed E-state index contributed by atoms with van der Waals surface area (Å²) in [7, 11) is 0. The van der Waals surface area contributed by atoms with Gasteiger partial charge in [-0.1, -0.05) is 13.8 Å². The summed E-state index contributed by atoms with van der Waals surface area (Å²) in [5.41, 5.74) is 4.13. The van der Waals surface area contributed by atoms with E-state index >= 15 is 0 Å². The highest BCUT2D eigenvalue weighted by atomic mass is 16.6. The van der Waals surface area contributed by atoms with Crippen LogP contribution < -0.4 is 10.9 Å². The molecule has 8 heteroatoms. The molecule has 0 aromatic heterocycles. The van der Waals surface area contributed by atoms with Crippen LogP contribution in [0.15, 0.2) is 0 Å². The van der Waals surface area contributed by atoms with Crippen molar-refractivity contribution in [3.8, 4) is 0 Å². The van der Waals surface area contributed by atoms with Gasteiger partial charge in [-0.25, -0.2) is 20.4 Å². The van der Waals surface area contributed by atoms with Crippen molar-refractivity contribution in [2.24, 2.45) is 0 Å². The largest absolute Gasteiger partial charge is 0.446 e. The molecule has 0 saturated carbocycles. The van der Waals surface area contributed by atoms with Gasteiger partial charge in [0, 0.05) is 0 Å². The molecule has 0 rings (SSSR count). The Labute approximate surface area is 131 Å². The van der Waals surface area contributed by atoms with Crippen molar-refractivity contribution in [3.05, 3.63) is 0 Å². The molecule has 0 aliphatic rings. The maximum Gasteiger partial charge on any atom is 0.426 e. The van der Waals surface area contributed by atoms with Gasteiger partial charge in [-0.3, -0.25) is 0 Å². The van der Waals surface area contributed by atoms with E-state index in [1.807, 2.05) is 27.7 Å². The number of nitrogens with one attached hydrogen (secondary N) is 2. The summed E-state index contributed by atoms with van der Waals surface area (Å²) in [4.78, 5) is 22.5. The van der Waals surface area contributed by atoms with Crippen LogP contribution >= 0.6 is 0 Å². The molecule has 0 aliphatic heterocycles. The molecular formula is C14H28N2O6. The molecule has 0 saturated heterocycles. The number of ether oxygens (including phenoxy) is 4. The lowest BCUT2D eigenvalue weighted by atomic mass is 10.3. The molecule has 2 unspecified atom stereocenters. The summed E-state index contributed by atoms with van der Waals surface area (Å²) in [6.07, 6.45) is 0.469. The molecule has 0 heterocycles. The van der Waals surface area contributed by atoms with Crippen LogP contribution in [0.4, 0.5) is 9.59 Å². The van der Waals surface area contributed by atoms with Gasteiger partial charge in [0.2, 0.25) is 0 Å². The van der Waals surface area contributed by atoms with Crippen molar-refractivity contribution in [2.45, 2.75) is 52.7 Å². The summed E-state index contributed by atoms with van der Waals surface area (Å²) in [6.45, 7) is 8.69. The average molecular weight is 320 g/mol. The number of carbonyl (C=O) groups excluding carboxylic acids is 2. The topological polar surface area (TPSA) is 95.1 Å². The lowest BCUT2D eigenvalue weighted by Crippen LogP contribution is -2.42. The molecule has 0 aromatic carbocycles. The molecule has 0 aromatic rings. The van der Waals surface area contributed by atoms with Gasteiger partial charge in [0.25, 0.3) is 0 Å². The summed E-state index contributed by atoms with van der Waals surface area (Å²) in [5, 5.41) is 0. The summed E-state index contributed by atoms with van der Waals surface area (Å²) in [5.74, 6) is 0. The zero-order valence-corrected chi connectivity index (χ0v) is 13.8. The summed E-state index contributed by atoms with van der Waals surface area (Å²) in [6, 6.07) is 0. The van der Waals surface area contributed by atoms with Crippen LogP contribution in [-0.2, 0) is 18.9 Å². The second-order valence-electron chi connectivity index (χ2n) is 4.70. The predicted octanol–water partition coefficient (Wildman–Crippen LogP) is 1.98. The summed E-state index contributed by atoms with van der Waals surface area (Å²) < 4.78 is 20.2. The van der Waals surface area contributed by atoms with E-state index in [-0.39, 0.29) is 25.4 Å². The second kappa shape index (κ2) is 13.1. The van der Waals surface area contributed by atoms with E-state index in [0.29, 0.717) is 13.2 Å². The van der Waals surface area contributed by atoms with Gasteiger partial charge in [-0.2, -0.15) is 0 Å². The Morgan fingerprint density at radius 2 is 1.14 bits per heavy atom. The van der Waals surface area contributed by atoms with Gasteiger partial charge >= 0.3 is 12.2 Å². The van der Waals surface area contributed by atoms with Gasteiger partial charge in [-0.15, -0.1) is 0 Å². The first-order chi connectivity index (χ1) is 10.5. The number of amides is 2. The fourth-order valence-electron chi connectivity index (χ4n) is 1.18. The SMILES string of the molecule is CCC(C)OCCOC(=O)NNC(=O)OCCOC(C)CC. The number of hydrazine groups is 1. The highest BCUT2D eigenvalue weighted by molar-refractivity contribution is 5.73. The standard InChI is InChI=1S/C14H28N2O6/c1-5-11(3)19-7-9-21-13(17)15-16-14(18)22-10-8-20-12(4)6-2/h11-12H,5-10H2,1-4H3,(H,15,17)(H,16,18). The Bertz CT molecular complexity index is 284. The Hall–Kier alpha value is -1.54. The molecule has 22 heavy (non-hydrogen) atoms. The van der Waals surface area contributed by atoms with Gasteiger partial charge in [0.1, 0.15) is 13.2 Å². The molecule has 2 N–H and O–H groups in total. The molecular weight excluding hydrogens is 292 g/mol. The first-order valence-electron chi connectivity index (χ1n) is 7.58. The van der Waals surface area contributed by atoms with Crippen LogP contribution in [0, 0.1) is 0 Å². The minimum absolute atomic E-state index is 0.107. The van der Waals surface area contributed by atoms with Crippen LogP contribution in [0.1, 0.15) is 40.5 Å². The Kier molecular flexibility index (Phi) is 12.2. The van der Waals surface area contributed by atoms with Gasteiger partial charge in [-0.05, 0) is 26.7 Å². The highest BCUT2D eigenvalue weighted by Crippen LogP contribution is 1.95. The van der Waals surface area contributed by atoms with Crippen molar-refractivity contribution in [2.75, 3.05) is 26.4 Å². The van der Waals surface area contributed by atoms with Gasteiger partial charge < -0.3 is 18.9 Å². The van der Waals surface area contributed by atoms with Gasteiger partial charge in [0.15, 0.2) is 0 Å². The van der Waals surface area contributed by atoms with Crippen molar-refractivity contribution < 1.29 is 28.5 Å². The van der Waals surface area contributed by atoms with Gasteiger partial charge in [0.05, 0.1) is 25.4 Å². The zero-order chi connectivity index (χ0) is 16.8. The van der Waals surface area contributed by atoms with Crippen molar-refractivity contribution in [1.29, 1.82) is 0 Å². The van der Waals surface area contributed by atoms with Crippen molar-refractivity contribution in [1.82, 2.24) is 10.9 Å². The molecule has 0 spiro atoms. The predicted molar refractivity (Wildman–Crippen MR) is 80.4 cm³/mol. The zero-order valence-electron chi connectivity index (χ0n) is 13.8. The van der Waals surface area contributed by atoms with Crippen molar-refractivity contribution in [3.63, 3.8) is 0 Å². The third-order valence-corrected chi connectivity index (χ3v) is 2.85. The number of carbonyl (C=O) groups is 2. The van der Waals surface area contributed by atoms with E-state index in [0.717, 1.165) is 12.8 Å². The maximum absolute atomic E-state index is 11.2. The summed E-state index contributed by atoms with van der Waals surface area (Å²) >= 11 is 0. The molecule has 0 radical (unpaired) electrons. The minimum Gasteiger partial charge on any atom is -0.446 e. The lowest BCUT2D eigenvalue weighted by Gasteiger charge is -2.12. The van der Waals surface area contributed by atoms with E-state index in [1.54, 1.807) is 0 Å². The van der Waals surface area contributed by atoms with E-state index in [2.05, 4.69) is 10.9 Å². The Balaban J connectivity index is 3.50. The van der Waals surface area contributed by atoms with Crippen LogP contribution in [0.3, 0.4) is 0 Å². The first kappa shape index (κ1) is 20.5. The molecule has 2 amide bonds. The van der Waals surface area contributed by atoms with E-state index < -0.39 is 12.2 Å². The lowest BCUT2D eigenvalue weighted by molar-refractivity contribution is 0.0250. The molecule has 0 bridgehead atoms. The monoisotopic (exact) mass is 320 g/mol.